The Morgan fingerprint density at radius 1 is 1.14 bits per heavy atom. The van der Waals surface area contributed by atoms with Gasteiger partial charge in [-0.3, -0.25) is 0 Å². The fourth-order valence-electron chi connectivity index (χ4n) is 0.144. The van der Waals surface area contributed by atoms with Gasteiger partial charge in [0.05, 0.1) is 0 Å². The van der Waals surface area contributed by atoms with Crippen molar-refractivity contribution in [2.24, 2.45) is 5.92 Å². The molecule has 0 aliphatic heterocycles. The van der Waals surface area contributed by atoms with Crippen LogP contribution in [0.3, 0.4) is 0 Å². The summed E-state index contributed by atoms with van der Waals surface area (Å²) < 4.78 is 0. The van der Waals surface area contributed by atoms with Crippen molar-refractivity contribution in [2.75, 3.05) is 0 Å². The van der Waals surface area contributed by atoms with Crippen LogP contribution in [0.5, 0.6) is 0 Å². The molecule has 0 nitrogen and oxygen atoms in total. The smallest absolute Gasteiger partial charge is 0.346 e. The molecule has 0 aliphatic rings. The molecule has 0 aromatic heterocycles. The summed E-state index contributed by atoms with van der Waals surface area (Å²) in [5.74, 6) is 0.463. The van der Waals surface area contributed by atoms with E-state index in [1.807, 2.05) is 0 Å². The summed E-state index contributed by atoms with van der Waals surface area (Å²) in [7, 11) is 0. The van der Waals surface area contributed by atoms with E-state index in [0.717, 1.165) is 12.8 Å². The van der Waals surface area contributed by atoms with E-state index < -0.39 is 0 Å². The summed E-state index contributed by atoms with van der Waals surface area (Å²) in [6, 6.07) is 0. The van der Waals surface area contributed by atoms with E-state index in [1.165, 1.54) is 0 Å². The summed E-state index contributed by atoms with van der Waals surface area (Å²) in [4.78, 5) is 0. The van der Waals surface area contributed by atoms with E-state index >= 15 is 0 Å². The van der Waals surface area contributed by atoms with Crippen molar-refractivity contribution >= 4 is 37.7 Å². The van der Waals surface area contributed by atoms with Crippen LogP contribution in [-0.4, -0.2) is 37.7 Å². The van der Waals surface area contributed by atoms with Gasteiger partial charge in [0.2, 0.25) is 0 Å². The summed E-state index contributed by atoms with van der Waals surface area (Å²) >= 11 is 0. The fraction of sp³-hybridized carbons (Fsp3) is 0.500. The third kappa shape index (κ3) is 7.26. The molecule has 0 N–H and O–H groups in total. The first-order valence-electron chi connectivity index (χ1n) is 2.22. The van der Waals surface area contributed by atoms with Crippen LogP contribution in [0.15, 0.2) is 0 Å². The van der Waals surface area contributed by atoms with Gasteiger partial charge in [0.25, 0.3) is 0 Å². The molecule has 1 heteroatoms. The molecule has 0 aromatic carbocycles. The second-order valence-electron chi connectivity index (χ2n) is 1.44. The fourth-order valence-corrected chi connectivity index (χ4v) is 0.144. The van der Waals surface area contributed by atoms with Crippen LogP contribution < -0.4 is 0 Å². The maximum absolute atomic E-state index is 3.75. The van der Waals surface area contributed by atoms with E-state index in [1.54, 1.807) is 0 Å². The van der Waals surface area contributed by atoms with Gasteiger partial charge in [0.15, 0.2) is 0 Å². The molecule has 0 unspecified atom stereocenters. The molecule has 0 bridgehead atoms. The first-order valence-corrected chi connectivity index (χ1v) is 2.22. The van der Waals surface area contributed by atoms with Crippen LogP contribution in [0.1, 0.15) is 12.8 Å². The summed E-state index contributed by atoms with van der Waals surface area (Å²) in [5.41, 5.74) is 0. The van der Waals surface area contributed by atoms with Crippen molar-refractivity contribution in [1.29, 1.82) is 0 Å². The van der Waals surface area contributed by atoms with Gasteiger partial charge < -0.3 is 20.8 Å². The van der Waals surface area contributed by atoms with E-state index in [-0.39, 0.29) is 37.7 Å². The minimum absolute atomic E-state index is 0. The zero-order valence-electron chi connectivity index (χ0n) is 4.82. The molecule has 0 saturated heterocycles. The van der Waals surface area contributed by atoms with Crippen LogP contribution >= 0.6 is 0 Å². The molecule has 38 valence electrons. The van der Waals surface area contributed by atoms with Crippen molar-refractivity contribution < 1.29 is 0 Å². The van der Waals surface area contributed by atoms with Gasteiger partial charge in [0, 0.05) is 0 Å². The predicted molar refractivity (Wildman–Crippen MR) is 34.5 cm³/mol. The molecular weight excluding hydrogens is 112 g/mol. The van der Waals surface area contributed by atoms with Crippen molar-refractivity contribution in [3.63, 3.8) is 0 Å². The Balaban J connectivity index is 0. The monoisotopic (exact) mass is 123 g/mol. The Kier molecular flexibility index (Phi) is 11.5. The summed E-state index contributed by atoms with van der Waals surface area (Å²) in [6.45, 7) is 11.1. The molecule has 0 saturated carbocycles. The largest absolute Gasteiger partial charge is 2.00 e. The van der Waals surface area contributed by atoms with Crippen molar-refractivity contribution in [3.8, 4) is 0 Å². The van der Waals surface area contributed by atoms with Gasteiger partial charge >= 0.3 is 37.7 Å². The van der Waals surface area contributed by atoms with Gasteiger partial charge in [0.1, 0.15) is 0 Å². The van der Waals surface area contributed by atoms with Gasteiger partial charge in [-0.05, 0) is 0 Å². The molecule has 0 aliphatic carbocycles. The maximum atomic E-state index is 3.75. The standard InChI is InChI=1S/C6H11.Ca/c1-4-6(3)5-2;/h6H,1-5H2;/q-3;+2. The Bertz CT molecular complexity index is 23.4. The number of hydrogen-bond donors (Lipinski definition) is 0. The number of hydrogen-bond acceptors (Lipinski definition) is 0. The normalized spacial score (nSPS) is 8.57. The minimum atomic E-state index is 0. The Labute approximate surface area is 76.7 Å². The third-order valence-corrected chi connectivity index (χ3v) is 0.816. The van der Waals surface area contributed by atoms with Crippen LogP contribution in [0.4, 0.5) is 0 Å². The zero-order valence-corrected chi connectivity index (χ0v) is 7.03. The summed E-state index contributed by atoms with van der Waals surface area (Å²) in [6.07, 6.45) is 1.81. The topological polar surface area (TPSA) is 0 Å². The molecule has 7 heavy (non-hydrogen) atoms. The average molecular weight is 123 g/mol. The van der Waals surface area contributed by atoms with Gasteiger partial charge in [-0.2, -0.15) is 0 Å². The first-order chi connectivity index (χ1) is 2.81. The molecule has 0 amide bonds. The van der Waals surface area contributed by atoms with Gasteiger partial charge in [-0.25, -0.2) is 18.8 Å². The molecule has 0 spiro atoms. The minimum Gasteiger partial charge on any atom is -0.346 e. The van der Waals surface area contributed by atoms with Gasteiger partial charge in [-0.15, -0.1) is 0 Å². The first kappa shape index (κ1) is 11.1. The van der Waals surface area contributed by atoms with Crippen molar-refractivity contribution in [3.05, 3.63) is 20.8 Å². The molecule has 0 fully saturated rings. The second kappa shape index (κ2) is 7.26. The van der Waals surface area contributed by atoms with Crippen LogP contribution in [-0.2, 0) is 0 Å². The Morgan fingerprint density at radius 2 is 1.43 bits per heavy atom. The molecule has 0 atom stereocenters. The summed E-state index contributed by atoms with van der Waals surface area (Å²) in [5, 5.41) is 0. The second-order valence-corrected chi connectivity index (χ2v) is 1.44. The Hall–Kier alpha value is 1.26. The SMILES string of the molecule is [CH2-]CC([CH2-])C[CH2-].[Ca+2]. The molecule has 0 radical (unpaired) electrons. The molecule has 0 rings (SSSR count). The predicted octanol–water partition coefficient (Wildman–Crippen LogP) is 1.50. The van der Waals surface area contributed by atoms with Crippen LogP contribution in [0.2, 0.25) is 0 Å². The van der Waals surface area contributed by atoms with E-state index in [4.69, 9.17) is 0 Å². The molecular formula is C6H11Ca-. The maximum Gasteiger partial charge on any atom is 2.00 e. The van der Waals surface area contributed by atoms with Crippen LogP contribution in [0.25, 0.3) is 0 Å². The Morgan fingerprint density at radius 3 is 1.43 bits per heavy atom. The molecule has 0 heterocycles. The van der Waals surface area contributed by atoms with Gasteiger partial charge in [-0.1, -0.05) is 0 Å². The van der Waals surface area contributed by atoms with Crippen molar-refractivity contribution in [2.45, 2.75) is 12.8 Å². The van der Waals surface area contributed by atoms with E-state index in [0.29, 0.717) is 5.92 Å². The molecule has 0 aromatic rings. The average Bonchev–Trinajstić information content (AvgIpc) is 1.65. The number of rotatable bonds is 2. The quantitative estimate of drug-likeness (QED) is 0.385. The van der Waals surface area contributed by atoms with Crippen LogP contribution in [0, 0.1) is 26.7 Å². The van der Waals surface area contributed by atoms with E-state index in [9.17, 15) is 0 Å². The van der Waals surface area contributed by atoms with E-state index in [2.05, 4.69) is 20.8 Å². The zero-order chi connectivity index (χ0) is 4.99. The third-order valence-electron chi connectivity index (χ3n) is 0.816. The van der Waals surface area contributed by atoms with Crippen molar-refractivity contribution in [1.82, 2.24) is 0 Å².